The molecule has 88 valence electrons. The lowest BCUT2D eigenvalue weighted by atomic mass is 10.1. The molecule has 1 atom stereocenters. The number of carboxylic acid groups (broad SMARTS) is 1. The van der Waals surface area contributed by atoms with Gasteiger partial charge in [0.2, 0.25) is 0 Å². The predicted octanol–water partition coefficient (Wildman–Crippen LogP) is 2.68. The minimum atomic E-state index is -0.758. The molecule has 0 amide bonds. The Morgan fingerprint density at radius 2 is 2.12 bits per heavy atom. The van der Waals surface area contributed by atoms with Crippen molar-refractivity contribution in [2.45, 2.75) is 33.2 Å². The van der Waals surface area contributed by atoms with Gasteiger partial charge in [-0.15, -0.1) is 0 Å². The number of hydrogen-bond donors (Lipinski definition) is 1. The molecule has 0 saturated heterocycles. The molecule has 0 saturated carbocycles. The van der Waals surface area contributed by atoms with Crippen molar-refractivity contribution in [3.05, 3.63) is 29.8 Å². The van der Waals surface area contributed by atoms with Gasteiger partial charge in [-0.2, -0.15) is 0 Å². The quantitative estimate of drug-likeness (QED) is 0.831. The average Bonchev–Trinajstić information content (AvgIpc) is 2.25. The molecule has 0 aliphatic carbocycles. The maximum atomic E-state index is 11.1. The molecule has 3 heteroatoms. The molecule has 1 N–H and O–H groups in total. The van der Waals surface area contributed by atoms with Crippen LogP contribution in [0, 0.1) is 6.92 Å². The molecule has 0 spiro atoms. The molecule has 3 nitrogen and oxygen atoms in total. The molecule has 0 aliphatic rings. The molecule has 0 aromatic heterocycles. The summed E-state index contributed by atoms with van der Waals surface area (Å²) in [5.41, 5.74) is 2.13. The number of aliphatic carboxylic acids is 1. The number of carboxylic acids is 1. The maximum absolute atomic E-state index is 11.1. The summed E-state index contributed by atoms with van der Waals surface area (Å²) < 4.78 is 0. The van der Waals surface area contributed by atoms with Crippen LogP contribution in [0.5, 0.6) is 0 Å². The number of aryl methyl sites for hydroxylation is 1. The molecular weight excluding hydrogens is 202 g/mol. The summed E-state index contributed by atoms with van der Waals surface area (Å²) in [6.07, 6.45) is 0.608. The van der Waals surface area contributed by atoms with Gasteiger partial charge < -0.3 is 10.0 Å². The second-order valence-electron chi connectivity index (χ2n) is 3.89. The first-order chi connectivity index (χ1) is 7.60. The Hall–Kier alpha value is -1.51. The fourth-order valence-electron chi connectivity index (χ4n) is 1.92. The Bertz CT molecular complexity index is 363. The van der Waals surface area contributed by atoms with Gasteiger partial charge in [-0.05, 0) is 38.0 Å². The molecule has 0 fully saturated rings. The van der Waals surface area contributed by atoms with Gasteiger partial charge in [0.25, 0.3) is 0 Å². The van der Waals surface area contributed by atoms with Gasteiger partial charge >= 0.3 is 5.97 Å². The van der Waals surface area contributed by atoms with E-state index in [4.69, 9.17) is 5.11 Å². The third-order valence-corrected chi connectivity index (χ3v) is 2.72. The first-order valence-electron chi connectivity index (χ1n) is 5.66. The molecule has 0 radical (unpaired) electrons. The average molecular weight is 221 g/mol. The largest absolute Gasteiger partial charge is 0.480 e. The lowest BCUT2D eigenvalue weighted by Crippen LogP contribution is -2.40. The second-order valence-corrected chi connectivity index (χ2v) is 3.89. The van der Waals surface area contributed by atoms with Crippen LogP contribution in [0.2, 0.25) is 0 Å². The van der Waals surface area contributed by atoms with Crippen molar-refractivity contribution >= 4 is 11.7 Å². The smallest absolute Gasteiger partial charge is 0.326 e. The SMILES string of the molecule is CCC(C(=O)O)N(CC)c1cccc(C)c1. The number of carbonyl (C=O) groups is 1. The number of likely N-dealkylation sites (N-methyl/N-ethyl adjacent to an activating group) is 1. The highest BCUT2D eigenvalue weighted by Crippen LogP contribution is 2.19. The van der Waals surface area contributed by atoms with E-state index >= 15 is 0 Å². The Morgan fingerprint density at radius 1 is 1.44 bits per heavy atom. The normalized spacial score (nSPS) is 12.2. The van der Waals surface area contributed by atoms with Crippen LogP contribution in [-0.2, 0) is 4.79 Å². The molecule has 0 heterocycles. The standard InChI is InChI=1S/C13H19NO2/c1-4-12(13(15)16)14(5-2)11-8-6-7-10(3)9-11/h6-9,12H,4-5H2,1-3H3,(H,15,16). The van der Waals surface area contributed by atoms with Gasteiger partial charge in [-0.1, -0.05) is 19.1 Å². The molecule has 16 heavy (non-hydrogen) atoms. The van der Waals surface area contributed by atoms with Crippen LogP contribution < -0.4 is 4.90 Å². The monoisotopic (exact) mass is 221 g/mol. The number of benzene rings is 1. The third kappa shape index (κ3) is 2.75. The molecule has 1 unspecified atom stereocenters. The zero-order valence-electron chi connectivity index (χ0n) is 10.1. The van der Waals surface area contributed by atoms with E-state index in [1.54, 1.807) is 0 Å². The van der Waals surface area contributed by atoms with Crippen molar-refractivity contribution in [3.63, 3.8) is 0 Å². The van der Waals surface area contributed by atoms with E-state index in [2.05, 4.69) is 0 Å². The second kappa shape index (κ2) is 5.54. The first-order valence-corrected chi connectivity index (χ1v) is 5.66. The van der Waals surface area contributed by atoms with Crippen LogP contribution in [0.15, 0.2) is 24.3 Å². The zero-order valence-corrected chi connectivity index (χ0v) is 10.1. The topological polar surface area (TPSA) is 40.5 Å². The van der Waals surface area contributed by atoms with Crippen LogP contribution in [0.1, 0.15) is 25.8 Å². The Morgan fingerprint density at radius 3 is 2.56 bits per heavy atom. The van der Waals surface area contributed by atoms with Gasteiger partial charge in [0.05, 0.1) is 0 Å². The summed E-state index contributed by atoms with van der Waals surface area (Å²) in [4.78, 5) is 13.1. The van der Waals surface area contributed by atoms with Gasteiger partial charge in [0.1, 0.15) is 6.04 Å². The highest BCUT2D eigenvalue weighted by atomic mass is 16.4. The van der Waals surface area contributed by atoms with Crippen LogP contribution in [0.4, 0.5) is 5.69 Å². The molecule has 1 aromatic carbocycles. The molecule has 0 bridgehead atoms. The van der Waals surface area contributed by atoms with E-state index in [-0.39, 0.29) is 0 Å². The molecule has 0 aliphatic heterocycles. The Kier molecular flexibility index (Phi) is 4.35. The molecule has 1 rings (SSSR count). The van der Waals surface area contributed by atoms with Crippen molar-refractivity contribution in [2.24, 2.45) is 0 Å². The van der Waals surface area contributed by atoms with Gasteiger partial charge in [-0.3, -0.25) is 0 Å². The number of nitrogens with zero attached hydrogens (tertiary/aromatic N) is 1. The number of hydrogen-bond acceptors (Lipinski definition) is 2. The molecular formula is C13H19NO2. The van der Waals surface area contributed by atoms with E-state index in [0.717, 1.165) is 11.3 Å². The van der Waals surface area contributed by atoms with E-state index in [9.17, 15) is 4.79 Å². The minimum Gasteiger partial charge on any atom is -0.480 e. The number of anilines is 1. The zero-order chi connectivity index (χ0) is 12.1. The predicted molar refractivity (Wildman–Crippen MR) is 65.9 cm³/mol. The summed E-state index contributed by atoms with van der Waals surface area (Å²) in [6, 6.07) is 7.52. The molecule has 1 aromatic rings. The summed E-state index contributed by atoms with van der Waals surface area (Å²) in [6.45, 7) is 6.60. The summed E-state index contributed by atoms with van der Waals surface area (Å²) >= 11 is 0. The van der Waals surface area contributed by atoms with Crippen molar-refractivity contribution in [1.82, 2.24) is 0 Å². The van der Waals surface area contributed by atoms with E-state index in [1.807, 2.05) is 49.9 Å². The lowest BCUT2D eigenvalue weighted by Gasteiger charge is -2.29. The van der Waals surface area contributed by atoms with Crippen LogP contribution >= 0.6 is 0 Å². The third-order valence-electron chi connectivity index (χ3n) is 2.72. The minimum absolute atomic E-state index is 0.438. The lowest BCUT2D eigenvalue weighted by molar-refractivity contribution is -0.138. The summed E-state index contributed by atoms with van der Waals surface area (Å²) in [5.74, 6) is -0.758. The van der Waals surface area contributed by atoms with Crippen LogP contribution in [0.25, 0.3) is 0 Å². The fraction of sp³-hybridized carbons (Fsp3) is 0.462. The van der Waals surface area contributed by atoms with Gasteiger partial charge in [-0.25, -0.2) is 4.79 Å². The van der Waals surface area contributed by atoms with E-state index in [0.29, 0.717) is 13.0 Å². The highest BCUT2D eigenvalue weighted by molar-refractivity contribution is 5.78. The van der Waals surface area contributed by atoms with E-state index < -0.39 is 12.0 Å². The van der Waals surface area contributed by atoms with Crippen molar-refractivity contribution < 1.29 is 9.90 Å². The highest BCUT2D eigenvalue weighted by Gasteiger charge is 2.22. The van der Waals surface area contributed by atoms with E-state index in [1.165, 1.54) is 0 Å². The summed E-state index contributed by atoms with van der Waals surface area (Å²) in [7, 11) is 0. The van der Waals surface area contributed by atoms with Gasteiger partial charge in [0.15, 0.2) is 0 Å². The summed E-state index contributed by atoms with van der Waals surface area (Å²) in [5, 5.41) is 9.16. The van der Waals surface area contributed by atoms with Crippen molar-refractivity contribution in [2.75, 3.05) is 11.4 Å². The van der Waals surface area contributed by atoms with Crippen LogP contribution in [-0.4, -0.2) is 23.7 Å². The fourth-order valence-corrected chi connectivity index (χ4v) is 1.92. The Labute approximate surface area is 96.7 Å². The van der Waals surface area contributed by atoms with Crippen molar-refractivity contribution in [3.8, 4) is 0 Å². The van der Waals surface area contributed by atoms with Crippen molar-refractivity contribution in [1.29, 1.82) is 0 Å². The van der Waals surface area contributed by atoms with Crippen LogP contribution in [0.3, 0.4) is 0 Å². The maximum Gasteiger partial charge on any atom is 0.326 e. The first kappa shape index (κ1) is 12.6. The van der Waals surface area contributed by atoms with Gasteiger partial charge in [0, 0.05) is 12.2 Å². The Balaban J connectivity index is 3.01. The number of rotatable bonds is 5.